The maximum atomic E-state index is 12.6. The van der Waals surface area contributed by atoms with E-state index in [1.54, 1.807) is 18.3 Å². The van der Waals surface area contributed by atoms with Gasteiger partial charge in [-0.15, -0.1) is 11.3 Å². The summed E-state index contributed by atoms with van der Waals surface area (Å²) in [7, 11) is 0. The molecule has 0 spiro atoms. The summed E-state index contributed by atoms with van der Waals surface area (Å²) in [4.78, 5) is 38.2. The minimum atomic E-state index is -0.792. The molecule has 1 N–H and O–H groups in total. The average Bonchev–Trinajstić information content (AvgIpc) is 3.11. The van der Waals surface area contributed by atoms with Crippen molar-refractivity contribution in [2.45, 2.75) is 13.3 Å². The van der Waals surface area contributed by atoms with E-state index in [2.05, 4.69) is 10.3 Å². The Bertz CT molecular complexity index is 1180. The maximum Gasteiger partial charge on any atom is 0.279 e. The third kappa shape index (κ3) is 4.56. The molecule has 0 unspecified atom stereocenters. The van der Waals surface area contributed by atoms with Crippen LogP contribution in [0, 0.1) is 27.2 Å². The Labute approximate surface area is 183 Å². The van der Waals surface area contributed by atoms with E-state index in [0.717, 1.165) is 22.6 Å². The molecule has 0 bridgehead atoms. The van der Waals surface area contributed by atoms with Crippen molar-refractivity contribution in [1.29, 1.82) is 0 Å². The molecule has 0 saturated carbocycles. The van der Waals surface area contributed by atoms with Gasteiger partial charge in [0.2, 0.25) is 0 Å². The summed E-state index contributed by atoms with van der Waals surface area (Å²) in [6.07, 6.45) is 1.99. The number of nitro benzene ring substituents is 2. The number of carbonyl (C=O) groups is 1. The molecule has 30 heavy (non-hydrogen) atoms. The van der Waals surface area contributed by atoms with Gasteiger partial charge >= 0.3 is 0 Å². The second kappa shape index (κ2) is 8.74. The van der Waals surface area contributed by atoms with E-state index >= 15 is 0 Å². The van der Waals surface area contributed by atoms with E-state index in [4.69, 9.17) is 23.2 Å². The number of carbonyl (C=O) groups excluding carboxylic acids is 1. The number of non-ortho nitro benzene ring substituents is 1. The highest BCUT2D eigenvalue weighted by Crippen LogP contribution is 2.31. The first-order valence-electron chi connectivity index (χ1n) is 8.29. The standard InChI is InChI=1S/C18H12Cl2N4O5S/c1-9-13(6-11(23(26)27)7-15(9)24(28)29)17(25)22-18-21-8-12(30-18)5-10-3-2-4-14(19)16(10)20/h2-4,6-8H,5H2,1H3,(H,21,22,25). The Kier molecular flexibility index (Phi) is 6.30. The lowest BCUT2D eigenvalue weighted by molar-refractivity contribution is -0.394. The van der Waals surface area contributed by atoms with Gasteiger partial charge in [-0.25, -0.2) is 4.98 Å². The van der Waals surface area contributed by atoms with Crippen LogP contribution in [0.5, 0.6) is 0 Å². The molecule has 2 aromatic carbocycles. The average molecular weight is 467 g/mol. The number of amides is 1. The molecule has 0 saturated heterocycles. The van der Waals surface area contributed by atoms with Crippen LogP contribution in [0.25, 0.3) is 0 Å². The molecule has 9 nitrogen and oxygen atoms in total. The third-order valence-corrected chi connectivity index (χ3v) is 5.96. The summed E-state index contributed by atoms with van der Waals surface area (Å²) in [5.41, 5.74) is -0.426. The van der Waals surface area contributed by atoms with Gasteiger partial charge in [0, 0.05) is 29.1 Å². The maximum absolute atomic E-state index is 12.6. The van der Waals surface area contributed by atoms with Crippen LogP contribution in [-0.2, 0) is 6.42 Å². The fraction of sp³-hybridized carbons (Fsp3) is 0.111. The number of anilines is 1. The van der Waals surface area contributed by atoms with E-state index in [-0.39, 0.29) is 16.3 Å². The first kappa shape index (κ1) is 21.6. The van der Waals surface area contributed by atoms with Gasteiger partial charge in [-0.3, -0.25) is 30.3 Å². The van der Waals surface area contributed by atoms with Gasteiger partial charge < -0.3 is 0 Å². The van der Waals surface area contributed by atoms with Crippen LogP contribution in [0.3, 0.4) is 0 Å². The molecule has 1 amide bonds. The highest BCUT2D eigenvalue weighted by molar-refractivity contribution is 7.15. The molecule has 0 radical (unpaired) electrons. The van der Waals surface area contributed by atoms with Crippen LogP contribution in [0.4, 0.5) is 16.5 Å². The number of halogens is 2. The highest BCUT2D eigenvalue weighted by atomic mass is 35.5. The van der Waals surface area contributed by atoms with Crippen molar-refractivity contribution in [3.05, 3.63) is 88.4 Å². The van der Waals surface area contributed by atoms with Crippen molar-refractivity contribution in [2.24, 2.45) is 0 Å². The molecule has 154 valence electrons. The molecule has 0 atom stereocenters. The Morgan fingerprint density at radius 3 is 2.60 bits per heavy atom. The number of thiazole rings is 1. The summed E-state index contributed by atoms with van der Waals surface area (Å²) in [5.74, 6) is -0.735. The zero-order valence-electron chi connectivity index (χ0n) is 15.2. The fourth-order valence-electron chi connectivity index (χ4n) is 2.70. The van der Waals surface area contributed by atoms with Crippen LogP contribution in [0.2, 0.25) is 10.0 Å². The number of nitro groups is 2. The van der Waals surface area contributed by atoms with Crippen LogP contribution < -0.4 is 5.32 Å². The van der Waals surface area contributed by atoms with Gasteiger partial charge in [-0.05, 0) is 18.6 Å². The normalized spacial score (nSPS) is 10.6. The second-order valence-electron chi connectivity index (χ2n) is 6.13. The predicted octanol–water partition coefficient (Wildman–Crippen LogP) is 5.42. The number of hydrogen-bond donors (Lipinski definition) is 1. The number of aromatic nitrogens is 1. The summed E-state index contributed by atoms with van der Waals surface area (Å²) in [6.45, 7) is 1.35. The Morgan fingerprint density at radius 2 is 1.93 bits per heavy atom. The summed E-state index contributed by atoms with van der Waals surface area (Å²) in [5, 5.41) is 25.9. The fourth-order valence-corrected chi connectivity index (χ4v) is 3.92. The molecule has 0 fully saturated rings. The summed E-state index contributed by atoms with van der Waals surface area (Å²) >= 11 is 13.4. The van der Waals surface area contributed by atoms with Crippen molar-refractivity contribution in [3.8, 4) is 0 Å². The molecule has 3 rings (SSSR count). The monoisotopic (exact) mass is 466 g/mol. The van der Waals surface area contributed by atoms with Gasteiger partial charge in [-0.2, -0.15) is 0 Å². The van der Waals surface area contributed by atoms with Crippen molar-refractivity contribution >= 4 is 57.0 Å². The molecule has 0 aliphatic carbocycles. The summed E-state index contributed by atoms with van der Waals surface area (Å²) < 4.78 is 0. The lowest BCUT2D eigenvalue weighted by Gasteiger charge is -2.06. The lowest BCUT2D eigenvalue weighted by Crippen LogP contribution is -2.14. The van der Waals surface area contributed by atoms with Crippen molar-refractivity contribution < 1.29 is 14.6 Å². The molecular formula is C18H12Cl2N4O5S. The summed E-state index contributed by atoms with van der Waals surface area (Å²) in [6, 6.07) is 7.08. The minimum Gasteiger partial charge on any atom is -0.298 e. The van der Waals surface area contributed by atoms with Gasteiger partial charge in [-0.1, -0.05) is 35.3 Å². The Morgan fingerprint density at radius 1 is 1.20 bits per heavy atom. The quantitative estimate of drug-likeness (QED) is 0.381. The van der Waals surface area contributed by atoms with Crippen LogP contribution >= 0.6 is 34.5 Å². The molecule has 0 aliphatic rings. The van der Waals surface area contributed by atoms with Crippen LogP contribution in [0.1, 0.15) is 26.4 Å². The van der Waals surface area contributed by atoms with E-state index in [1.165, 1.54) is 18.3 Å². The van der Waals surface area contributed by atoms with E-state index in [0.29, 0.717) is 16.5 Å². The number of benzene rings is 2. The minimum absolute atomic E-state index is 0.0191. The smallest absolute Gasteiger partial charge is 0.279 e. The van der Waals surface area contributed by atoms with E-state index < -0.39 is 27.1 Å². The first-order chi connectivity index (χ1) is 14.2. The van der Waals surface area contributed by atoms with Gasteiger partial charge in [0.25, 0.3) is 17.3 Å². The molecular weight excluding hydrogens is 455 g/mol. The van der Waals surface area contributed by atoms with Crippen LogP contribution in [0.15, 0.2) is 36.5 Å². The number of nitrogens with zero attached hydrogens (tertiary/aromatic N) is 3. The zero-order chi connectivity index (χ0) is 22.0. The number of hydrogen-bond acceptors (Lipinski definition) is 7. The SMILES string of the molecule is Cc1c(C(=O)Nc2ncc(Cc3cccc(Cl)c3Cl)s2)cc([N+](=O)[O-])cc1[N+](=O)[O-]. The van der Waals surface area contributed by atoms with Crippen LogP contribution in [-0.4, -0.2) is 20.7 Å². The van der Waals surface area contributed by atoms with E-state index in [1.807, 2.05) is 6.07 Å². The molecule has 1 heterocycles. The van der Waals surface area contributed by atoms with Gasteiger partial charge in [0.1, 0.15) is 0 Å². The predicted molar refractivity (Wildman–Crippen MR) is 114 cm³/mol. The second-order valence-corrected chi connectivity index (χ2v) is 8.03. The van der Waals surface area contributed by atoms with Gasteiger partial charge in [0.15, 0.2) is 5.13 Å². The molecule has 12 heteroatoms. The Hall–Kier alpha value is -3.08. The molecule has 1 aromatic heterocycles. The molecule has 3 aromatic rings. The number of rotatable bonds is 6. The van der Waals surface area contributed by atoms with Gasteiger partial charge in [0.05, 0.1) is 31.5 Å². The molecule has 0 aliphatic heterocycles. The number of nitrogens with one attached hydrogen (secondary N) is 1. The van der Waals surface area contributed by atoms with E-state index in [9.17, 15) is 25.0 Å². The highest BCUT2D eigenvalue weighted by Gasteiger charge is 2.25. The topological polar surface area (TPSA) is 128 Å². The zero-order valence-corrected chi connectivity index (χ0v) is 17.5. The first-order valence-corrected chi connectivity index (χ1v) is 9.87. The largest absolute Gasteiger partial charge is 0.298 e. The Balaban J connectivity index is 1.84. The van der Waals surface area contributed by atoms with Crippen molar-refractivity contribution in [1.82, 2.24) is 4.98 Å². The lowest BCUT2D eigenvalue weighted by atomic mass is 10.0. The third-order valence-electron chi connectivity index (χ3n) is 4.19. The van der Waals surface area contributed by atoms with Crippen molar-refractivity contribution in [2.75, 3.05) is 5.32 Å². The van der Waals surface area contributed by atoms with Crippen molar-refractivity contribution in [3.63, 3.8) is 0 Å².